The van der Waals surface area contributed by atoms with Gasteiger partial charge in [-0.05, 0) is 6.42 Å². The average Bonchev–Trinajstić information content (AvgIpc) is 3.71. The number of rotatable bonds is 25. The van der Waals surface area contributed by atoms with Crippen LogP contribution in [0.15, 0.2) is 37.0 Å². The van der Waals surface area contributed by atoms with E-state index < -0.39 is 84.6 Å². The van der Waals surface area contributed by atoms with Crippen molar-refractivity contribution in [1.82, 2.24) is 30.2 Å². The number of phosphoric acid groups is 3. The van der Waals surface area contributed by atoms with E-state index in [1.165, 1.54) is 13.8 Å². The van der Waals surface area contributed by atoms with Gasteiger partial charge in [-0.25, -0.2) is 19.3 Å². The Labute approximate surface area is 342 Å². The molecule has 0 aromatic carbocycles. The lowest BCUT2D eigenvalue weighted by Gasteiger charge is -2.36. The van der Waals surface area contributed by atoms with Gasteiger partial charge in [0.15, 0.2) is 22.8 Å². The van der Waals surface area contributed by atoms with Gasteiger partial charge in [0.1, 0.15) is 36.3 Å². The number of allylic oxidation sites excluding steroid dienone is 4. The molecule has 0 aliphatic carbocycles. The number of nitrogens with two attached hydrogens (primary N) is 1. The molecule has 3 rings (SSSR count). The number of anilines is 1. The molecule has 24 nitrogen and oxygen atoms in total. The summed E-state index contributed by atoms with van der Waals surface area (Å²) in [5.74, 6) is -1.22. The van der Waals surface area contributed by atoms with Gasteiger partial charge in [-0.3, -0.25) is 28.1 Å². The van der Waals surface area contributed by atoms with Gasteiger partial charge in [0.25, 0.3) is 15.6 Å². The van der Waals surface area contributed by atoms with E-state index >= 15 is 0 Å². The second-order valence-corrected chi connectivity index (χ2v) is 18.6. The van der Waals surface area contributed by atoms with Crippen molar-refractivity contribution in [1.29, 1.82) is 0 Å². The minimum Gasteiger partial charge on any atom is -0.790 e. The number of nitrogens with zero attached hydrogens (tertiary/aromatic N) is 4. The van der Waals surface area contributed by atoms with E-state index in [-0.39, 0.29) is 48.0 Å². The summed E-state index contributed by atoms with van der Waals surface area (Å²) in [4.78, 5) is 96.1. The highest BCUT2D eigenvalue weighted by atomic mass is 32.2. The highest BCUT2D eigenvalue weighted by Gasteiger charge is 2.47. The number of phosphoric ester groups is 3. The van der Waals surface area contributed by atoms with Crippen molar-refractivity contribution in [3.63, 3.8) is 0 Å². The molecule has 28 heteroatoms. The summed E-state index contributed by atoms with van der Waals surface area (Å²) in [5, 5.41) is 26.2. The predicted octanol–water partition coefficient (Wildman–Crippen LogP) is -1.17. The third kappa shape index (κ3) is 16.8. The number of hydrogen-bond acceptors (Lipinski definition) is 22. The van der Waals surface area contributed by atoms with Crippen molar-refractivity contribution < 1.29 is 80.5 Å². The van der Waals surface area contributed by atoms with Gasteiger partial charge >= 0.3 is 0 Å². The standard InChI is InChI=1S/C31H50N7O17P3S/c1-4-5-6-7-8-9-10-11-22(40)59-15-14-33-21(39)12-13-34-29(43)26(42)31(2,3)17-52-58(49,50)55-57(47,48)51-16-20-25(54-56(44,45)46)24(41)30(53-20)38-19-37-23-27(32)35-18-36-28(23)38/h7-10,18-20,24-26,30,41-42H,4-6,11-17H2,1-3H3,(H,33,39)(H,34,43)(H,47,48)(H,49,50)(H2,32,35,36)(H2,44,45,46)/p-4/b8-7+,10-9+/t20-,24-,25-,26+,30-/m1/s1. The lowest BCUT2D eigenvalue weighted by molar-refractivity contribution is -0.347. The second kappa shape index (κ2) is 22.8. The third-order valence-electron chi connectivity index (χ3n) is 8.13. The second-order valence-electron chi connectivity index (χ2n) is 13.4. The summed E-state index contributed by atoms with van der Waals surface area (Å²) in [6.07, 6.45) is 3.29. The molecule has 0 spiro atoms. The van der Waals surface area contributed by atoms with Crippen LogP contribution in [-0.4, -0.2) is 103 Å². The number of unbranched alkanes of at least 4 members (excludes halogenated alkanes) is 2. The van der Waals surface area contributed by atoms with Crippen molar-refractivity contribution in [2.24, 2.45) is 5.41 Å². The van der Waals surface area contributed by atoms with E-state index in [2.05, 4.69) is 50.4 Å². The molecule has 0 saturated carbocycles. The van der Waals surface area contributed by atoms with Crippen LogP contribution in [0.2, 0.25) is 0 Å². The quantitative estimate of drug-likeness (QED) is 0.0445. The molecule has 1 fully saturated rings. The number of nitrogen functional groups attached to an aromatic ring is 1. The third-order valence-corrected chi connectivity index (χ3v) is 12.0. The van der Waals surface area contributed by atoms with Crippen LogP contribution in [0.3, 0.4) is 0 Å². The summed E-state index contributed by atoms with van der Waals surface area (Å²) in [6, 6.07) is 0. The van der Waals surface area contributed by atoms with Gasteiger partial charge < -0.3 is 69.0 Å². The summed E-state index contributed by atoms with van der Waals surface area (Å²) in [6.45, 7) is 2.19. The van der Waals surface area contributed by atoms with Crippen molar-refractivity contribution in [3.05, 3.63) is 37.0 Å². The zero-order valence-corrected chi connectivity index (χ0v) is 35.6. The van der Waals surface area contributed by atoms with Gasteiger partial charge in [-0.1, -0.05) is 69.7 Å². The van der Waals surface area contributed by atoms with Crippen LogP contribution in [0.25, 0.3) is 11.2 Å². The van der Waals surface area contributed by atoms with Gasteiger partial charge in [0, 0.05) is 37.1 Å². The molecule has 2 aromatic rings. The molecule has 1 saturated heterocycles. The molecule has 1 aliphatic heterocycles. The lowest BCUT2D eigenvalue weighted by Crippen LogP contribution is -2.46. The number of carbonyl (C=O) groups excluding carboxylic acids is 3. The summed E-state index contributed by atoms with van der Waals surface area (Å²) in [7, 11) is -17.6. The number of aromatic nitrogens is 4. The fraction of sp³-hybridized carbons (Fsp3) is 0.613. The molecule has 59 heavy (non-hydrogen) atoms. The van der Waals surface area contributed by atoms with Crippen LogP contribution >= 0.6 is 35.2 Å². The van der Waals surface area contributed by atoms with E-state index in [4.69, 9.17) is 10.5 Å². The SMILES string of the molecule is CCCC/C=C/C=C/CC(=O)SCCNC(=O)CCNC(=O)[C@H](O)C(C)(C)COP(=O)([O-])OP(=O)([O-])OC[C@H]1O[C@@H](n2cnc3c(N)ncnc32)[C@H](O)[C@@H]1OP(=O)([O-])[O-]. The van der Waals surface area contributed by atoms with Crippen LogP contribution in [0, 0.1) is 5.41 Å². The molecule has 0 radical (unpaired) electrons. The molecule has 2 unspecified atom stereocenters. The number of aliphatic hydroxyl groups excluding tert-OH is 2. The largest absolute Gasteiger partial charge is 0.790 e. The lowest BCUT2D eigenvalue weighted by atomic mass is 9.87. The number of carbonyl (C=O) groups is 3. The number of imidazole rings is 1. The zero-order chi connectivity index (χ0) is 44.0. The zero-order valence-electron chi connectivity index (χ0n) is 32.1. The fourth-order valence-corrected chi connectivity index (χ4v) is 8.45. The van der Waals surface area contributed by atoms with Gasteiger partial charge in [-0.15, -0.1) is 0 Å². The summed E-state index contributed by atoms with van der Waals surface area (Å²) in [5.41, 5.74) is 4.07. The van der Waals surface area contributed by atoms with E-state index in [0.717, 1.165) is 48.2 Å². The predicted molar refractivity (Wildman–Crippen MR) is 201 cm³/mol. The molecule has 332 valence electrons. The fourth-order valence-electron chi connectivity index (χ4n) is 5.07. The topological polar surface area (TPSA) is 375 Å². The van der Waals surface area contributed by atoms with Crippen LogP contribution < -0.4 is 35.9 Å². The first-order valence-electron chi connectivity index (χ1n) is 17.8. The highest BCUT2D eigenvalue weighted by Crippen LogP contribution is 2.56. The summed E-state index contributed by atoms with van der Waals surface area (Å²) < 4.78 is 60.6. The van der Waals surface area contributed by atoms with Crippen LogP contribution in [-0.2, 0) is 50.7 Å². The Balaban J connectivity index is 1.43. The number of thioether (sulfide) groups is 1. The Hall–Kier alpha value is -2.96. The smallest absolute Gasteiger partial charge is 0.274 e. The maximum Gasteiger partial charge on any atom is 0.274 e. The van der Waals surface area contributed by atoms with Crippen molar-refractivity contribution in [2.75, 3.05) is 37.8 Å². The molecule has 0 bridgehead atoms. The number of nitrogens with one attached hydrogen (secondary N) is 2. The number of amides is 2. The van der Waals surface area contributed by atoms with Crippen molar-refractivity contribution in [2.45, 2.75) is 83.5 Å². The van der Waals surface area contributed by atoms with Gasteiger partial charge in [0.05, 0.1) is 27.4 Å². The maximum atomic E-state index is 12.6. The van der Waals surface area contributed by atoms with Crippen molar-refractivity contribution >= 4 is 69.1 Å². The minimum absolute atomic E-state index is 0.0216. The normalized spacial score (nSPS) is 21.4. The van der Waals surface area contributed by atoms with E-state index in [1.54, 1.807) is 12.2 Å². The molecular weight excluding hydrogens is 867 g/mol. The molecular formula is C31H46N7O17P3S-4. The Kier molecular flexibility index (Phi) is 19.4. The Bertz CT molecular complexity index is 1950. The maximum absolute atomic E-state index is 12.6. The number of aliphatic hydroxyl groups is 2. The first-order valence-corrected chi connectivity index (χ1v) is 23.2. The van der Waals surface area contributed by atoms with E-state index in [9.17, 15) is 57.9 Å². The van der Waals surface area contributed by atoms with Crippen molar-refractivity contribution in [3.8, 4) is 0 Å². The number of hydrogen-bond donors (Lipinski definition) is 5. The monoisotopic (exact) mass is 913 g/mol. The Morgan fingerprint density at radius 1 is 1.07 bits per heavy atom. The van der Waals surface area contributed by atoms with Crippen LogP contribution in [0.4, 0.5) is 5.82 Å². The average molecular weight is 914 g/mol. The first-order chi connectivity index (χ1) is 27.6. The number of ether oxygens (including phenoxy) is 1. The molecule has 7 atom stereocenters. The van der Waals surface area contributed by atoms with Crippen LogP contribution in [0.1, 0.15) is 59.1 Å². The van der Waals surface area contributed by atoms with Crippen LogP contribution in [0.5, 0.6) is 0 Å². The molecule has 3 heterocycles. The number of fused-ring (bicyclic) bond motifs is 1. The van der Waals surface area contributed by atoms with E-state index in [0.29, 0.717) is 5.75 Å². The van der Waals surface area contributed by atoms with Gasteiger partial charge in [0.2, 0.25) is 11.8 Å². The highest BCUT2D eigenvalue weighted by molar-refractivity contribution is 8.13. The van der Waals surface area contributed by atoms with Gasteiger partial charge in [-0.2, -0.15) is 0 Å². The molecule has 2 amide bonds. The molecule has 1 aliphatic rings. The Morgan fingerprint density at radius 2 is 1.76 bits per heavy atom. The Morgan fingerprint density at radius 3 is 2.46 bits per heavy atom. The summed E-state index contributed by atoms with van der Waals surface area (Å²) >= 11 is 1.06. The first kappa shape index (κ1) is 50.4. The molecule has 2 aromatic heterocycles. The molecule has 6 N–H and O–H groups in total. The van der Waals surface area contributed by atoms with E-state index in [1.807, 2.05) is 12.2 Å². The minimum atomic E-state index is -5.92.